The molecule has 3 N–H and O–H groups in total. The maximum absolute atomic E-state index is 11.0. The number of anilines is 2. The normalized spacial score (nSPS) is 10.2. The van der Waals surface area contributed by atoms with E-state index >= 15 is 0 Å². The number of amides is 1. The number of rotatable bonds is 3. The van der Waals surface area contributed by atoms with Crippen molar-refractivity contribution in [2.75, 3.05) is 11.1 Å². The average molecular weight is 270 g/mol. The van der Waals surface area contributed by atoms with Gasteiger partial charge in [0.05, 0.1) is 11.4 Å². The second kappa shape index (κ2) is 5.65. The van der Waals surface area contributed by atoms with E-state index in [9.17, 15) is 4.79 Å². The van der Waals surface area contributed by atoms with E-state index in [1.54, 1.807) is 18.2 Å². The molecule has 0 radical (unpaired) electrons. The van der Waals surface area contributed by atoms with E-state index in [-0.39, 0.29) is 5.91 Å². The smallest absolute Gasteiger partial charge is 0.221 e. The van der Waals surface area contributed by atoms with Crippen LogP contribution in [0.15, 0.2) is 36.4 Å². The van der Waals surface area contributed by atoms with Crippen LogP contribution in [-0.2, 0) is 4.79 Å². The molecule has 0 bridgehead atoms. The number of hydrogen-bond donors (Lipinski definition) is 2. The number of nitrogen functional groups attached to an aromatic ring is 1. The van der Waals surface area contributed by atoms with Crippen molar-refractivity contribution >= 4 is 17.3 Å². The van der Waals surface area contributed by atoms with Gasteiger partial charge in [-0.25, -0.2) is 0 Å². The molecule has 104 valence electrons. The van der Waals surface area contributed by atoms with Crippen molar-refractivity contribution in [3.63, 3.8) is 0 Å². The Kier molecular flexibility index (Phi) is 3.94. The van der Waals surface area contributed by atoms with E-state index in [1.165, 1.54) is 6.92 Å². The molecule has 4 heteroatoms. The van der Waals surface area contributed by atoms with Crippen molar-refractivity contribution in [2.45, 2.75) is 20.8 Å². The van der Waals surface area contributed by atoms with E-state index in [4.69, 9.17) is 10.5 Å². The molecule has 0 aliphatic rings. The quantitative estimate of drug-likeness (QED) is 0.837. The van der Waals surface area contributed by atoms with Gasteiger partial charge in [0.1, 0.15) is 11.5 Å². The summed E-state index contributed by atoms with van der Waals surface area (Å²) in [5.41, 5.74) is 9.23. The van der Waals surface area contributed by atoms with Crippen LogP contribution in [-0.4, -0.2) is 5.91 Å². The van der Waals surface area contributed by atoms with Crippen molar-refractivity contribution in [1.29, 1.82) is 0 Å². The first kappa shape index (κ1) is 13.9. The molecular weight excluding hydrogens is 252 g/mol. The highest BCUT2D eigenvalue weighted by atomic mass is 16.5. The lowest BCUT2D eigenvalue weighted by Gasteiger charge is -2.11. The molecule has 0 spiro atoms. The van der Waals surface area contributed by atoms with Gasteiger partial charge in [0.2, 0.25) is 5.91 Å². The third-order valence-corrected chi connectivity index (χ3v) is 2.76. The van der Waals surface area contributed by atoms with Crippen LogP contribution in [0.4, 0.5) is 11.4 Å². The standard InChI is InChI=1S/C16H18N2O2/c1-10-6-11(2)8-14(7-10)20-13-4-5-16(15(17)9-13)18-12(3)19/h4-9H,17H2,1-3H3,(H,18,19). The molecule has 1 amide bonds. The summed E-state index contributed by atoms with van der Waals surface area (Å²) in [6.45, 7) is 5.49. The van der Waals surface area contributed by atoms with Crippen molar-refractivity contribution in [3.05, 3.63) is 47.5 Å². The van der Waals surface area contributed by atoms with Gasteiger partial charge >= 0.3 is 0 Å². The zero-order chi connectivity index (χ0) is 14.7. The van der Waals surface area contributed by atoms with Gasteiger partial charge in [-0.15, -0.1) is 0 Å². The molecule has 0 unspecified atom stereocenters. The van der Waals surface area contributed by atoms with Crippen LogP contribution in [0, 0.1) is 13.8 Å². The summed E-state index contributed by atoms with van der Waals surface area (Å²) >= 11 is 0. The molecular formula is C16H18N2O2. The molecule has 0 saturated heterocycles. The minimum Gasteiger partial charge on any atom is -0.457 e. The molecule has 0 heterocycles. The summed E-state index contributed by atoms with van der Waals surface area (Å²) in [6.07, 6.45) is 0. The fourth-order valence-electron chi connectivity index (χ4n) is 2.04. The second-order valence-corrected chi connectivity index (χ2v) is 4.86. The van der Waals surface area contributed by atoms with Gasteiger partial charge < -0.3 is 15.8 Å². The van der Waals surface area contributed by atoms with Crippen molar-refractivity contribution in [1.82, 2.24) is 0 Å². The Labute approximate surface area is 118 Å². The predicted molar refractivity (Wildman–Crippen MR) is 81.1 cm³/mol. The highest BCUT2D eigenvalue weighted by molar-refractivity contribution is 5.92. The van der Waals surface area contributed by atoms with Gasteiger partial charge in [0.15, 0.2) is 0 Å². The van der Waals surface area contributed by atoms with Crippen LogP contribution in [0.3, 0.4) is 0 Å². The van der Waals surface area contributed by atoms with E-state index in [2.05, 4.69) is 11.4 Å². The molecule has 0 aliphatic carbocycles. The van der Waals surface area contributed by atoms with Gasteiger partial charge in [-0.3, -0.25) is 4.79 Å². The fourth-order valence-corrected chi connectivity index (χ4v) is 2.04. The van der Waals surface area contributed by atoms with E-state index in [0.717, 1.165) is 16.9 Å². The Balaban J connectivity index is 2.21. The van der Waals surface area contributed by atoms with E-state index < -0.39 is 0 Å². The van der Waals surface area contributed by atoms with E-state index in [1.807, 2.05) is 26.0 Å². The lowest BCUT2D eigenvalue weighted by Crippen LogP contribution is -2.07. The first-order valence-corrected chi connectivity index (χ1v) is 6.37. The Bertz CT molecular complexity index is 631. The molecule has 2 aromatic rings. The molecule has 20 heavy (non-hydrogen) atoms. The molecule has 4 nitrogen and oxygen atoms in total. The first-order chi connectivity index (χ1) is 9.44. The maximum atomic E-state index is 11.0. The highest BCUT2D eigenvalue weighted by Gasteiger charge is 2.05. The number of carbonyl (C=O) groups is 1. The minimum absolute atomic E-state index is 0.153. The number of ether oxygens (including phenoxy) is 1. The predicted octanol–water partition coefficient (Wildman–Crippen LogP) is 3.64. The summed E-state index contributed by atoms with van der Waals surface area (Å²) in [5.74, 6) is 1.26. The Hall–Kier alpha value is -2.49. The molecule has 0 fully saturated rings. The molecule has 0 atom stereocenters. The average Bonchev–Trinajstić information content (AvgIpc) is 2.31. The van der Waals surface area contributed by atoms with Crippen molar-refractivity contribution in [2.24, 2.45) is 0 Å². The van der Waals surface area contributed by atoms with Gasteiger partial charge in [0.25, 0.3) is 0 Å². The third-order valence-electron chi connectivity index (χ3n) is 2.76. The summed E-state index contributed by atoms with van der Waals surface area (Å²) in [5, 5.41) is 2.66. The monoisotopic (exact) mass is 270 g/mol. The maximum Gasteiger partial charge on any atom is 0.221 e. The SMILES string of the molecule is CC(=O)Nc1ccc(Oc2cc(C)cc(C)c2)cc1N. The fraction of sp³-hybridized carbons (Fsp3) is 0.188. The third kappa shape index (κ3) is 3.51. The molecule has 0 aliphatic heterocycles. The summed E-state index contributed by atoms with van der Waals surface area (Å²) in [7, 11) is 0. The summed E-state index contributed by atoms with van der Waals surface area (Å²) in [4.78, 5) is 11.0. The summed E-state index contributed by atoms with van der Waals surface area (Å²) < 4.78 is 5.79. The van der Waals surface area contributed by atoms with Crippen LogP contribution in [0.25, 0.3) is 0 Å². The van der Waals surface area contributed by atoms with Gasteiger partial charge in [-0.05, 0) is 49.2 Å². The number of carbonyl (C=O) groups excluding carboxylic acids is 1. The molecule has 0 aromatic heterocycles. The topological polar surface area (TPSA) is 64.3 Å². The second-order valence-electron chi connectivity index (χ2n) is 4.86. The van der Waals surface area contributed by atoms with E-state index in [0.29, 0.717) is 17.1 Å². The van der Waals surface area contributed by atoms with Crippen LogP contribution in [0.1, 0.15) is 18.1 Å². The Morgan fingerprint density at radius 1 is 1.05 bits per heavy atom. The number of hydrogen-bond acceptors (Lipinski definition) is 3. The largest absolute Gasteiger partial charge is 0.457 e. The molecule has 2 rings (SSSR count). The van der Waals surface area contributed by atoms with Crippen molar-refractivity contribution in [3.8, 4) is 11.5 Å². The number of aryl methyl sites for hydroxylation is 2. The molecule has 2 aromatic carbocycles. The number of nitrogens with two attached hydrogens (primary N) is 1. The van der Waals surface area contributed by atoms with Gasteiger partial charge in [-0.1, -0.05) is 6.07 Å². The Morgan fingerprint density at radius 2 is 1.70 bits per heavy atom. The highest BCUT2D eigenvalue weighted by Crippen LogP contribution is 2.29. The zero-order valence-corrected chi connectivity index (χ0v) is 11.9. The summed E-state index contributed by atoms with van der Waals surface area (Å²) in [6, 6.07) is 11.2. The number of benzene rings is 2. The lowest BCUT2D eigenvalue weighted by molar-refractivity contribution is -0.114. The lowest BCUT2D eigenvalue weighted by atomic mass is 10.1. The van der Waals surface area contributed by atoms with Crippen LogP contribution in [0.2, 0.25) is 0 Å². The van der Waals surface area contributed by atoms with Crippen LogP contribution in [0.5, 0.6) is 11.5 Å². The number of nitrogens with one attached hydrogen (secondary N) is 1. The first-order valence-electron chi connectivity index (χ1n) is 6.37. The zero-order valence-electron chi connectivity index (χ0n) is 11.9. The van der Waals surface area contributed by atoms with Gasteiger partial charge in [0, 0.05) is 13.0 Å². The van der Waals surface area contributed by atoms with Crippen molar-refractivity contribution < 1.29 is 9.53 Å². The van der Waals surface area contributed by atoms with Gasteiger partial charge in [-0.2, -0.15) is 0 Å². The molecule has 0 saturated carbocycles. The minimum atomic E-state index is -0.153. The van der Waals surface area contributed by atoms with Crippen LogP contribution >= 0.6 is 0 Å². The Morgan fingerprint density at radius 3 is 2.25 bits per heavy atom. The van der Waals surface area contributed by atoms with Crippen LogP contribution < -0.4 is 15.8 Å².